The zero-order valence-corrected chi connectivity index (χ0v) is 38.3. The molecule has 2 atom stereocenters. The van der Waals surface area contributed by atoms with Gasteiger partial charge in [-0.3, -0.25) is 44.2 Å². The molecule has 4 N–H and O–H groups in total. The molecule has 1 aromatic carbocycles. The lowest BCUT2D eigenvalue weighted by molar-refractivity contribution is -0.138. The summed E-state index contributed by atoms with van der Waals surface area (Å²) in [6, 6.07) is 7.66. The van der Waals surface area contributed by atoms with Crippen LogP contribution in [0.15, 0.2) is 50.6 Å². The fourth-order valence-electron chi connectivity index (χ4n) is 7.61. The van der Waals surface area contributed by atoms with E-state index in [1.165, 1.54) is 57.4 Å². The number of fused-ring (bicyclic) bond motifs is 2. The van der Waals surface area contributed by atoms with Crippen LogP contribution in [0.2, 0.25) is 0 Å². The summed E-state index contributed by atoms with van der Waals surface area (Å²) in [7, 11) is -3.19. The Morgan fingerprint density at radius 3 is 1.70 bits per heavy atom. The number of piperidine rings is 2. The van der Waals surface area contributed by atoms with Gasteiger partial charge < -0.3 is 23.9 Å². The quantitative estimate of drug-likeness (QED) is 0.148. The summed E-state index contributed by atoms with van der Waals surface area (Å²) in [4.78, 5) is 91.4. The number of ether oxygens (including phenoxy) is 1. The standard InChI is InChI=1S/C22H24N4O7S2.C18H19N3O6S2/c1-25(2)21(29)15-9-14(4-6-17(15)33-3)35(31,32)23-10-13-8-12-11-26(22(30)19(12)34-13)16-5-7-18(27)24-20(16)28;1-9-5-14(10(2)27-9)29(25,26)19-7-12-6-11-8-21(18(24)16(11)28-12)13-3-4-15(22)20-17(13)23/h4,6,8-9,16,23H,5,7,10-11H2,1-3H3,(H,24,27,28);5-6,13,19H,3-4,7-8H2,1-2H3,(H,20,22,23). The van der Waals surface area contributed by atoms with Crippen LogP contribution in [0.5, 0.6) is 5.75 Å². The number of aryl methyl sites for hydroxylation is 2. The lowest BCUT2D eigenvalue weighted by Gasteiger charge is -2.29. The number of rotatable bonds is 12. The molecular formula is C40H43N7O13S4. The van der Waals surface area contributed by atoms with E-state index in [2.05, 4.69) is 20.1 Å². The number of thiophene rings is 2. The molecule has 24 heteroatoms. The predicted molar refractivity (Wildman–Crippen MR) is 228 cm³/mol. The van der Waals surface area contributed by atoms with Crippen LogP contribution >= 0.6 is 22.7 Å². The van der Waals surface area contributed by atoms with E-state index in [0.717, 1.165) is 16.9 Å². The second-order valence-corrected chi connectivity index (χ2v) is 21.2. The summed E-state index contributed by atoms with van der Waals surface area (Å²) in [6.07, 6.45) is 0.960. The molecule has 0 saturated carbocycles. The maximum Gasteiger partial charge on any atom is 0.265 e. The van der Waals surface area contributed by atoms with Crippen LogP contribution in [0.1, 0.15) is 87.8 Å². The minimum Gasteiger partial charge on any atom is -0.496 e. The first-order chi connectivity index (χ1) is 30.2. The van der Waals surface area contributed by atoms with Gasteiger partial charge in [-0.15, -0.1) is 22.7 Å². The van der Waals surface area contributed by atoms with Gasteiger partial charge in [0.2, 0.25) is 43.7 Å². The number of hydrogen-bond donors (Lipinski definition) is 4. The van der Waals surface area contributed by atoms with Crippen molar-refractivity contribution in [1.82, 2.24) is 34.8 Å². The van der Waals surface area contributed by atoms with Crippen LogP contribution in [0.3, 0.4) is 0 Å². The van der Waals surface area contributed by atoms with Gasteiger partial charge in [0.15, 0.2) is 0 Å². The molecule has 2 unspecified atom stereocenters. The Kier molecular flexibility index (Phi) is 13.0. The summed E-state index contributed by atoms with van der Waals surface area (Å²) in [5.41, 5.74) is 1.59. The fourth-order valence-corrected chi connectivity index (χ4v) is 12.2. The van der Waals surface area contributed by atoms with E-state index >= 15 is 0 Å². The van der Waals surface area contributed by atoms with E-state index < -0.39 is 49.9 Å². The number of imide groups is 2. The van der Waals surface area contributed by atoms with Gasteiger partial charge in [-0.2, -0.15) is 0 Å². The normalized spacial score (nSPS) is 18.6. The first-order valence-electron chi connectivity index (χ1n) is 19.7. The van der Waals surface area contributed by atoms with Crippen LogP contribution in [-0.4, -0.2) is 106 Å². The molecule has 2 saturated heterocycles. The third kappa shape index (κ3) is 9.37. The van der Waals surface area contributed by atoms with Gasteiger partial charge in [0.05, 0.1) is 27.3 Å². The number of furan rings is 1. The maximum absolute atomic E-state index is 12.9. The lowest BCUT2D eigenvalue weighted by Crippen LogP contribution is -2.52. The third-order valence-corrected chi connectivity index (χ3v) is 16.0. The molecule has 8 rings (SSSR count). The van der Waals surface area contributed by atoms with Gasteiger partial charge in [0.1, 0.15) is 34.2 Å². The zero-order valence-electron chi connectivity index (χ0n) is 35.1. The Morgan fingerprint density at radius 2 is 1.28 bits per heavy atom. The number of amides is 7. The Balaban J connectivity index is 0.000000195. The molecule has 0 radical (unpaired) electrons. The number of nitrogens with one attached hydrogen (secondary N) is 4. The first kappa shape index (κ1) is 46.2. The monoisotopic (exact) mass is 957 g/mol. The van der Waals surface area contributed by atoms with Gasteiger partial charge in [-0.1, -0.05) is 0 Å². The molecule has 4 aliphatic heterocycles. The average molecular weight is 958 g/mol. The van der Waals surface area contributed by atoms with Gasteiger partial charge in [-0.05, 0) is 74.2 Å². The number of hydrogen-bond acceptors (Lipinski definition) is 15. The molecule has 0 spiro atoms. The number of carbonyl (C=O) groups is 7. The van der Waals surface area contributed by atoms with Crippen molar-refractivity contribution in [2.24, 2.45) is 0 Å². The van der Waals surface area contributed by atoms with Crippen LogP contribution in [0.25, 0.3) is 0 Å². The van der Waals surface area contributed by atoms with Crippen molar-refractivity contribution in [3.63, 3.8) is 0 Å². The second kappa shape index (κ2) is 18.0. The molecule has 3 aromatic heterocycles. The summed E-state index contributed by atoms with van der Waals surface area (Å²) >= 11 is 2.36. The number of methoxy groups -OCH3 is 1. The SMILES string of the molecule is COc1ccc(S(=O)(=O)NCc2cc3c(s2)C(=O)N(C2CCC(=O)NC2=O)C3)cc1C(=O)N(C)C.Cc1cc(S(=O)(=O)NCc2cc3c(s2)C(=O)N(C2CCC(=O)NC2=O)C3)c(C)o1. The molecule has 20 nitrogen and oxygen atoms in total. The van der Waals surface area contributed by atoms with Gasteiger partial charge in [-0.25, -0.2) is 26.3 Å². The third-order valence-electron chi connectivity index (χ3n) is 10.8. The molecular weight excluding hydrogens is 915 g/mol. The highest BCUT2D eigenvalue weighted by molar-refractivity contribution is 7.89. The van der Waals surface area contributed by atoms with E-state index in [9.17, 15) is 50.4 Å². The Morgan fingerprint density at radius 1 is 0.781 bits per heavy atom. The van der Waals surface area contributed by atoms with Gasteiger partial charge in [0.25, 0.3) is 17.7 Å². The van der Waals surface area contributed by atoms with Crippen LogP contribution in [0.4, 0.5) is 0 Å². The summed E-state index contributed by atoms with van der Waals surface area (Å²) in [6.45, 7) is 3.76. The lowest BCUT2D eigenvalue weighted by atomic mass is 10.0. The number of sulfonamides is 2. The Hall–Kier alpha value is -5.79. The zero-order chi connectivity index (χ0) is 46.4. The first-order valence-corrected chi connectivity index (χ1v) is 24.3. The molecule has 0 aliphatic carbocycles. The topological polar surface area (TPSA) is 268 Å². The summed E-state index contributed by atoms with van der Waals surface area (Å²) in [5, 5.41) is 4.52. The van der Waals surface area contributed by atoms with Crippen molar-refractivity contribution >= 4 is 84.1 Å². The minimum atomic E-state index is -3.96. The molecule has 0 bridgehead atoms. The largest absolute Gasteiger partial charge is 0.496 e. The van der Waals surface area contributed by atoms with E-state index in [1.807, 2.05) is 0 Å². The summed E-state index contributed by atoms with van der Waals surface area (Å²) < 4.78 is 66.3. The van der Waals surface area contributed by atoms with Gasteiger partial charge in [0, 0.05) is 62.9 Å². The Bertz CT molecular complexity index is 2850. The van der Waals surface area contributed by atoms with Crippen molar-refractivity contribution in [3.05, 3.63) is 84.1 Å². The molecule has 4 aliphatic rings. The number of benzene rings is 1. The Labute approximate surface area is 375 Å². The summed E-state index contributed by atoms with van der Waals surface area (Å²) in [5.74, 6) is -1.50. The van der Waals surface area contributed by atoms with Crippen molar-refractivity contribution in [2.45, 2.75) is 87.6 Å². The molecule has 2 fully saturated rings. The molecule has 7 amide bonds. The van der Waals surface area contributed by atoms with Crippen molar-refractivity contribution in [2.75, 3.05) is 21.2 Å². The predicted octanol–water partition coefficient (Wildman–Crippen LogP) is 1.90. The maximum atomic E-state index is 12.9. The highest BCUT2D eigenvalue weighted by atomic mass is 32.2. The average Bonchev–Trinajstić information content (AvgIpc) is 4.05. The van der Waals surface area contributed by atoms with Crippen LogP contribution < -0.4 is 24.8 Å². The minimum absolute atomic E-state index is 0.0469. The van der Waals surface area contributed by atoms with Crippen LogP contribution in [-0.2, 0) is 65.4 Å². The molecule has 7 heterocycles. The highest BCUT2D eigenvalue weighted by Crippen LogP contribution is 2.36. The number of carbonyl (C=O) groups excluding carboxylic acids is 7. The molecule has 4 aromatic rings. The van der Waals surface area contributed by atoms with E-state index in [1.54, 1.807) is 40.1 Å². The van der Waals surface area contributed by atoms with E-state index in [0.29, 0.717) is 43.0 Å². The van der Waals surface area contributed by atoms with E-state index in [-0.39, 0.29) is 90.2 Å². The van der Waals surface area contributed by atoms with Gasteiger partial charge >= 0.3 is 0 Å². The highest BCUT2D eigenvalue weighted by Gasteiger charge is 2.42. The van der Waals surface area contributed by atoms with Crippen molar-refractivity contribution in [1.29, 1.82) is 0 Å². The molecule has 64 heavy (non-hydrogen) atoms. The molecule has 340 valence electrons. The van der Waals surface area contributed by atoms with E-state index in [4.69, 9.17) is 9.15 Å². The number of nitrogens with zero attached hydrogens (tertiary/aromatic N) is 3. The van der Waals surface area contributed by atoms with Crippen molar-refractivity contribution < 1.29 is 59.6 Å². The fraction of sp³-hybridized carbons (Fsp3) is 0.375. The van der Waals surface area contributed by atoms with Crippen molar-refractivity contribution in [3.8, 4) is 5.75 Å². The van der Waals surface area contributed by atoms with Crippen LogP contribution in [0, 0.1) is 13.8 Å². The second-order valence-electron chi connectivity index (χ2n) is 15.4. The smallest absolute Gasteiger partial charge is 0.265 e.